The summed E-state index contributed by atoms with van der Waals surface area (Å²) >= 11 is 11.8. The molecule has 0 aliphatic heterocycles. The first-order valence-corrected chi connectivity index (χ1v) is 4.73. The Bertz CT molecular complexity index is 343. The van der Waals surface area contributed by atoms with E-state index >= 15 is 0 Å². The molecule has 0 aliphatic rings. The largest absolute Gasteiger partial charge is 0.478 e. The van der Waals surface area contributed by atoms with Crippen LogP contribution >= 0.6 is 43.5 Å². The predicted molar refractivity (Wildman–Crippen MR) is 51.6 cm³/mol. The van der Waals surface area contributed by atoms with E-state index in [9.17, 15) is 4.79 Å². The molecule has 0 radical (unpaired) electrons. The Morgan fingerprint density at radius 3 is 2.58 bits per heavy atom. The first-order valence-electron chi connectivity index (χ1n) is 2.77. The summed E-state index contributed by atoms with van der Waals surface area (Å²) in [5.74, 6) is -1.05. The molecule has 0 saturated carbocycles. The molecule has 0 unspecified atom stereocenters. The molecule has 0 aliphatic carbocycles. The van der Waals surface area contributed by atoms with Gasteiger partial charge in [0.05, 0.1) is 14.5 Å². The van der Waals surface area contributed by atoms with E-state index < -0.39 is 5.97 Å². The number of aromatic carboxylic acids is 1. The number of carboxylic acid groups (broad SMARTS) is 1. The first-order chi connectivity index (χ1) is 5.54. The summed E-state index contributed by atoms with van der Waals surface area (Å²) in [5.41, 5.74) is 0.0753. The highest BCUT2D eigenvalue weighted by atomic mass is 79.9. The third-order valence-electron chi connectivity index (χ3n) is 1.15. The van der Waals surface area contributed by atoms with E-state index in [0.29, 0.717) is 8.95 Å². The number of carboxylic acids is 1. The number of hydrogen-bond acceptors (Lipinski definition) is 2. The predicted octanol–water partition coefficient (Wildman–Crippen LogP) is 2.96. The molecule has 12 heavy (non-hydrogen) atoms. The van der Waals surface area contributed by atoms with E-state index in [2.05, 4.69) is 36.8 Å². The van der Waals surface area contributed by atoms with Crippen molar-refractivity contribution in [3.05, 3.63) is 25.9 Å². The average Bonchev–Trinajstić information content (AvgIpc) is 2.00. The van der Waals surface area contributed by atoms with Crippen LogP contribution in [0.3, 0.4) is 0 Å². The summed E-state index contributed by atoms with van der Waals surface area (Å²) < 4.78 is 0.846. The Labute approximate surface area is 90.0 Å². The van der Waals surface area contributed by atoms with Gasteiger partial charge in [-0.15, -0.1) is 0 Å². The van der Waals surface area contributed by atoms with Crippen molar-refractivity contribution in [1.82, 2.24) is 4.98 Å². The standard InChI is InChI=1S/C6H2Br2ClNO2/c7-3-2(6(11)12)1-10-5(9)4(3)8/h1H,(H,11,12). The minimum absolute atomic E-state index is 0.0753. The van der Waals surface area contributed by atoms with Gasteiger partial charge < -0.3 is 5.11 Å². The minimum Gasteiger partial charge on any atom is -0.478 e. The van der Waals surface area contributed by atoms with Crippen LogP contribution in [0.2, 0.25) is 5.15 Å². The SMILES string of the molecule is O=C(O)c1cnc(Cl)c(Br)c1Br. The number of rotatable bonds is 1. The van der Waals surface area contributed by atoms with E-state index in [4.69, 9.17) is 16.7 Å². The topological polar surface area (TPSA) is 50.2 Å². The van der Waals surface area contributed by atoms with Gasteiger partial charge in [-0.05, 0) is 31.9 Å². The molecule has 1 heterocycles. The maximum absolute atomic E-state index is 10.6. The molecule has 0 saturated heterocycles. The third-order valence-corrected chi connectivity index (χ3v) is 3.79. The number of pyridine rings is 1. The average molecular weight is 315 g/mol. The smallest absolute Gasteiger partial charge is 0.338 e. The molecule has 0 aromatic carbocycles. The van der Waals surface area contributed by atoms with Crippen LogP contribution in [0.1, 0.15) is 10.4 Å². The molecule has 3 nitrogen and oxygen atoms in total. The lowest BCUT2D eigenvalue weighted by Crippen LogP contribution is -1.99. The Hall–Kier alpha value is -0.130. The zero-order valence-electron chi connectivity index (χ0n) is 5.51. The fourth-order valence-electron chi connectivity index (χ4n) is 0.592. The van der Waals surface area contributed by atoms with Crippen LogP contribution in [0.5, 0.6) is 0 Å². The fraction of sp³-hybridized carbons (Fsp3) is 0. The zero-order valence-corrected chi connectivity index (χ0v) is 9.44. The molecule has 0 spiro atoms. The summed E-state index contributed by atoms with van der Waals surface area (Å²) in [5, 5.41) is 8.88. The van der Waals surface area contributed by atoms with Gasteiger partial charge in [-0.1, -0.05) is 11.6 Å². The molecule has 0 atom stereocenters. The van der Waals surface area contributed by atoms with Crippen LogP contribution in [0.25, 0.3) is 0 Å². The van der Waals surface area contributed by atoms with Gasteiger partial charge in [-0.2, -0.15) is 0 Å². The number of halogens is 3. The first kappa shape index (κ1) is 9.95. The van der Waals surface area contributed by atoms with Gasteiger partial charge >= 0.3 is 5.97 Å². The lowest BCUT2D eigenvalue weighted by molar-refractivity contribution is 0.0695. The highest BCUT2D eigenvalue weighted by Gasteiger charge is 2.13. The van der Waals surface area contributed by atoms with E-state index in [1.54, 1.807) is 0 Å². The minimum atomic E-state index is -1.05. The molecule has 64 valence electrons. The second kappa shape index (κ2) is 3.72. The van der Waals surface area contributed by atoms with Crippen molar-refractivity contribution in [3.63, 3.8) is 0 Å². The summed E-state index contributed by atoms with van der Waals surface area (Å²) in [6.45, 7) is 0. The normalized spacial score (nSPS) is 9.92. The molecule has 0 fully saturated rings. The molecular weight excluding hydrogens is 313 g/mol. The Balaban J connectivity index is 3.36. The monoisotopic (exact) mass is 313 g/mol. The third kappa shape index (κ3) is 1.78. The van der Waals surface area contributed by atoms with Crippen LogP contribution in [-0.4, -0.2) is 16.1 Å². The Kier molecular flexibility index (Phi) is 3.09. The van der Waals surface area contributed by atoms with Gasteiger partial charge in [-0.25, -0.2) is 9.78 Å². The summed E-state index contributed by atoms with van der Waals surface area (Å²) in [6, 6.07) is 0. The van der Waals surface area contributed by atoms with Crippen LogP contribution in [0.4, 0.5) is 0 Å². The van der Waals surface area contributed by atoms with Crippen molar-refractivity contribution in [1.29, 1.82) is 0 Å². The van der Waals surface area contributed by atoms with Crippen molar-refractivity contribution in [2.45, 2.75) is 0 Å². The number of aromatic nitrogens is 1. The highest BCUT2D eigenvalue weighted by Crippen LogP contribution is 2.31. The second-order valence-corrected chi connectivity index (χ2v) is 3.84. The summed E-state index contributed by atoms with van der Waals surface area (Å²) in [7, 11) is 0. The molecule has 1 N–H and O–H groups in total. The van der Waals surface area contributed by atoms with Gasteiger partial charge in [0.15, 0.2) is 0 Å². The number of nitrogens with zero attached hydrogens (tertiary/aromatic N) is 1. The highest BCUT2D eigenvalue weighted by molar-refractivity contribution is 9.13. The number of carbonyl (C=O) groups is 1. The van der Waals surface area contributed by atoms with E-state index in [1.807, 2.05) is 0 Å². The fourth-order valence-corrected chi connectivity index (χ4v) is 1.63. The molecule has 0 bridgehead atoms. The van der Waals surface area contributed by atoms with Gasteiger partial charge in [0.1, 0.15) is 5.15 Å². The molecular formula is C6H2Br2ClNO2. The summed E-state index contributed by atoms with van der Waals surface area (Å²) in [4.78, 5) is 14.2. The molecule has 1 aromatic rings. The van der Waals surface area contributed by atoms with Gasteiger partial charge in [-0.3, -0.25) is 0 Å². The van der Waals surface area contributed by atoms with Gasteiger partial charge in [0.25, 0.3) is 0 Å². The molecule has 6 heteroatoms. The van der Waals surface area contributed by atoms with Crippen LogP contribution in [0, 0.1) is 0 Å². The van der Waals surface area contributed by atoms with Crippen molar-refractivity contribution >= 4 is 49.4 Å². The van der Waals surface area contributed by atoms with Crippen LogP contribution in [0.15, 0.2) is 15.1 Å². The Morgan fingerprint density at radius 2 is 2.08 bits per heavy atom. The van der Waals surface area contributed by atoms with Crippen molar-refractivity contribution in [2.75, 3.05) is 0 Å². The van der Waals surface area contributed by atoms with Crippen LogP contribution < -0.4 is 0 Å². The zero-order chi connectivity index (χ0) is 9.30. The quantitative estimate of drug-likeness (QED) is 0.811. The number of hydrogen-bond donors (Lipinski definition) is 1. The van der Waals surface area contributed by atoms with Gasteiger partial charge in [0, 0.05) is 6.20 Å². The van der Waals surface area contributed by atoms with Crippen molar-refractivity contribution in [3.8, 4) is 0 Å². The molecule has 1 aromatic heterocycles. The molecule has 1 rings (SSSR count). The maximum atomic E-state index is 10.6. The lowest BCUT2D eigenvalue weighted by Gasteiger charge is -2.01. The van der Waals surface area contributed by atoms with Crippen molar-refractivity contribution < 1.29 is 9.90 Å². The maximum Gasteiger partial charge on any atom is 0.338 e. The van der Waals surface area contributed by atoms with E-state index in [1.165, 1.54) is 6.20 Å². The summed E-state index contributed by atoms with van der Waals surface area (Å²) in [6.07, 6.45) is 1.19. The molecule has 0 amide bonds. The van der Waals surface area contributed by atoms with E-state index in [-0.39, 0.29) is 10.7 Å². The second-order valence-electron chi connectivity index (χ2n) is 1.90. The van der Waals surface area contributed by atoms with Crippen LogP contribution in [-0.2, 0) is 0 Å². The van der Waals surface area contributed by atoms with Gasteiger partial charge in [0.2, 0.25) is 0 Å². The Morgan fingerprint density at radius 1 is 1.50 bits per heavy atom. The lowest BCUT2D eigenvalue weighted by atomic mass is 10.3. The van der Waals surface area contributed by atoms with Crippen molar-refractivity contribution in [2.24, 2.45) is 0 Å². The van der Waals surface area contributed by atoms with E-state index in [0.717, 1.165) is 0 Å².